The van der Waals surface area contributed by atoms with E-state index in [0.29, 0.717) is 5.02 Å². The van der Waals surface area contributed by atoms with Crippen molar-refractivity contribution in [2.24, 2.45) is 0 Å². The van der Waals surface area contributed by atoms with E-state index in [-0.39, 0.29) is 12.1 Å². The molecule has 1 aromatic carbocycles. The highest BCUT2D eigenvalue weighted by molar-refractivity contribution is 6.30. The molecule has 0 spiro atoms. The zero-order chi connectivity index (χ0) is 21.1. The monoisotopic (exact) mass is 417 g/mol. The molecule has 150 valence electrons. The topological polar surface area (TPSA) is 119 Å². The van der Waals surface area contributed by atoms with Gasteiger partial charge >= 0.3 is 5.97 Å². The van der Waals surface area contributed by atoms with E-state index in [1.807, 2.05) is 0 Å². The Morgan fingerprint density at radius 3 is 2.69 bits per heavy atom. The molecule has 10 heteroatoms. The van der Waals surface area contributed by atoms with Crippen molar-refractivity contribution in [3.05, 3.63) is 79.6 Å². The summed E-state index contributed by atoms with van der Waals surface area (Å²) >= 11 is 5.95. The quantitative estimate of drug-likeness (QED) is 0.592. The van der Waals surface area contributed by atoms with Gasteiger partial charge in [-0.1, -0.05) is 23.7 Å². The molecule has 2 heterocycles. The number of nitrogens with zero attached hydrogens (tertiary/aromatic N) is 2. The van der Waals surface area contributed by atoms with Crippen molar-refractivity contribution in [3.8, 4) is 5.75 Å². The lowest BCUT2D eigenvalue weighted by atomic mass is 10.2. The highest BCUT2D eigenvalue weighted by Crippen LogP contribution is 2.14. The third kappa shape index (κ3) is 4.14. The molecule has 3 aromatic rings. The van der Waals surface area contributed by atoms with E-state index < -0.39 is 40.7 Å². The highest BCUT2D eigenvalue weighted by Gasteiger charge is 2.19. The van der Waals surface area contributed by atoms with Gasteiger partial charge in [0.25, 0.3) is 11.5 Å². The minimum absolute atomic E-state index is 0.172. The summed E-state index contributed by atoms with van der Waals surface area (Å²) in [6, 6.07) is 6.92. The Labute approximate surface area is 168 Å². The van der Waals surface area contributed by atoms with Crippen LogP contribution in [-0.4, -0.2) is 39.6 Å². The molecular weight excluding hydrogens is 402 g/mol. The number of aromatic nitrogens is 2. The molecule has 0 aliphatic carbocycles. The smallest absolute Gasteiger partial charge is 0.325 e. The van der Waals surface area contributed by atoms with E-state index in [0.717, 1.165) is 18.9 Å². The van der Waals surface area contributed by atoms with Crippen molar-refractivity contribution >= 4 is 29.0 Å². The normalized spacial score (nSPS) is 10.7. The van der Waals surface area contributed by atoms with Gasteiger partial charge in [-0.25, -0.2) is 0 Å². The molecule has 3 rings (SSSR count). The minimum Gasteiger partial charge on any atom is -0.503 e. The predicted octanol–water partition coefficient (Wildman–Crippen LogP) is 0.771. The van der Waals surface area contributed by atoms with Crippen LogP contribution in [-0.2, 0) is 16.1 Å². The van der Waals surface area contributed by atoms with Crippen LogP contribution in [0.4, 0.5) is 0 Å². The number of carbonyl (C=O) groups excluding carboxylic acids is 2. The second-order valence-corrected chi connectivity index (χ2v) is 6.53. The van der Waals surface area contributed by atoms with Crippen LogP contribution >= 0.6 is 11.6 Å². The number of benzene rings is 1. The first kappa shape index (κ1) is 20.2. The molecule has 2 N–H and O–H groups in total. The number of carbonyl (C=O) groups is 2. The van der Waals surface area contributed by atoms with E-state index in [4.69, 9.17) is 11.6 Å². The SMILES string of the molecule is COC(=O)CNC(=O)c1cn2ccn(Cc3cccc(Cl)c3)c(=O)c2c(O)c1=O. The number of ether oxygens (including phenoxy) is 1. The lowest BCUT2D eigenvalue weighted by Gasteiger charge is -2.11. The molecular formula is C19H16ClN3O6. The third-order valence-corrected chi connectivity index (χ3v) is 4.42. The van der Waals surface area contributed by atoms with Crippen molar-refractivity contribution in [1.29, 1.82) is 0 Å². The standard InChI is InChI=1S/C19H16ClN3O6/c1-29-14(24)8-21-18(27)13-10-22-5-6-23(9-11-3-2-4-12(20)7-11)19(28)15(22)17(26)16(13)25/h2-7,10,26H,8-9H2,1H3,(H,21,27). The third-order valence-electron chi connectivity index (χ3n) is 4.19. The van der Waals surface area contributed by atoms with Crippen molar-refractivity contribution < 1.29 is 19.4 Å². The average molecular weight is 418 g/mol. The van der Waals surface area contributed by atoms with E-state index in [9.17, 15) is 24.3 Å². The van der Waals surface area contributed by atoms with Gasteiger partial charge in [-0.2, -0.15) is 0 Å². The van der Waals surface area contributed by atoms with Crippen LogP contribution < -0.4 is 16.3 Å². The van der Waals surface area contributed by atoms with E-state index in [1.54, 1.807) is 24.3 Å². The first-order chi connectivity index (χ1) is 13.8. The molecule has 0 aliphatic heterocycles. The molecule has 1 amide bonds. The summed E-state index contributed by atoms with van der Waals surface area (Å²) in [5, 5.41) is 13.0. The Balaban J connectivity index is 2.02. The highest BCUT2D eigenvalue weighted by atomic mass is 35.5. The fourth-order valence-corrected chi connectivity index (χ4v) is 2.96. The van der Waals surface area contributed by atoms with Crippen molar-refractivity contribution in [1.82, 2.24) is 14.3 Å². The average Bonchev–Trinajstić information content (AvgIpc) is 2.70. The molecule has 0 bridgehead atoms. The van der Waals surface area contributed by atoms with Crippen molar-refractivity contribution in [2.45, 2.75) is 6.54 Å². The lowest BCUT2D eigenvalue weighted by Crippen LogP contribution is -2.34. The largest absolute Gasteiger partial charge is 0.503 e. The summed E-state index contributed by atoms with van der Waals surface area (Å²) in [4.78, 5) is 48.5. The molecule has 0 radical (unpaired) electrons. The van der Waals surface area contributed by atoms with Crippen LogP contribution in [0, 0.1) is 0 Å². The summed E-state index contributed by atoms with van der Waals surface area (Å²) < 4.78 is 6.89. The van der Waals surface area contributed by atoms with Crippen LogP contribution in [0.2, 0.25) is 5.02 Å². The summed E-state index contributed by atoms with van der Waals surface area (Å²) in [6.45, 7) is -0.273. The molecule has 0 atom stereocenters. The maximum absolute atomic E-state index is 12.8. The van der Waals surface area contributed by atoms with E-state index in [1.165, 1.54) is 21.4 Å². The molecule has 0 aliphatic rings. The molecule has 0 saturated carbocycles. The number of hydrogen-bond donors (Lipinski definition) is 2. The molecule has 0 unspecified atom stereocenters. The van der Waals surface area contributed by atoms with Gasteiger partial charge in [-0.05, 0) is 17.7 Å². The van der Waals surface area contributed by atoms with Crippen LogP contribution in [0.5, 0.6) is 5.75 Å². The van der Waals surface area contributed by atoms with E-state index >= 15 is 0 Å². The minimum atomic E-state index is -1.02. The fraction of sp³-hybridized carbons (Fsp3) is 0.158. The second-order valence-electron chi connectivity index (χ2n) is 6.10. The lowest BCUT2D eigenvalue weighted by molar-refractivity contribution is -0.139. The Hall–Kier alpha value is -3.59. The molecule has 0 saturated heterocycles. The number of aromatic hydroxyl groups is 1. The Morgan fingerprint density at radius 2 is 2.00 bits per heavy atom. The molecule has 29 heavy (non-hydrogen) atoms. The molecule has 9 nitrogen and oxygen atoms in total. The first-order valence-corrected chi connectivity index (χ1v) is 8.76. The van der Waals surface area contributed by atoms with Gasteiger partial charge < -0.3 is 24.1 Å². The zero-order valence-electron chi connectivity index (χ0n) is 15.2. The Morgan fingerprint density at radius 1 is 1.24 bits per heavy atom. The first-order valence-electron chi connectivity index (χ1n) is 8.38. The number of rotatable bonds is 5. The van der Waals surface area contributed by atoms with Crippen molar-refractivity contribution in [2.75, 3.05) is 13.7 Å². The maximum Gasteiger partial charge on any atom is 0.325 e. The van der Waals surface area contributed by atoms with Gasteiger partial charge in [0.05, 0.1) is 13.7 Å². The summed E-state index contributed by atoms with van der Waals surface area (Å²) in [7, 11) is 1.15. The fourth-order valence-electron chi connectivity index (χ4n) is 2.74. The molecule has 2 aromatic heterocycles. The Bertz CT molecular complexity index is 1230. The van der Waals surface area contributed by atoms with Gasteiger partial charge in [-0.3, -0.25) is 19.2 Å². The van der Waals surface area contributed by atoms with E-state index in [2.05, 4.69) is 10.1 Å². The number of hydrogen-bond acceptors (Lipinski definition) is 6. The van der Waals surface area contributed by atoms with Gasteiger partial charge in [0, 0.05) is 23.6 Å². The zero-order valence-corrected chi connectivity index (χ0v) is 16.0. The predicted molar refractivity (Wildman–Crippen MR) is 104 cm³/mol. The number of fused-ring (bicyclic) bond motifs is 1. The number of amides is 1. The van der Waals surface area contributed by atoms with Crippen LogP contribution in [0.3, 0.4) is 0 Å². The summed E-state index contributed by atoms with van der Waals surface area (Å²) in [6.07, 6.45) is 4.00. The van der Waals surface area contributed by atoms with Crippen LogP contribution in [0.25, 0.3) is 5.52 Å². The summed E-state index contributed by atoms with van der Waals surface area (Å²) in [5.74, 6) is -2.44. The van der Waals surface area contributed by atoms with Gasteiger partial charge in [0.15, 0.2) is 11.3 Å². The Kier molecular flexibility index (Phi) is 5.69. The number of pyridine rings is 1. The number of esters is 1. The van der Waals surface area contributed by atoms with Crippen molar-refractivity contribution in [3.63, 3.8) is 0 Å². The van der Waals surface area contributed by atoms with Crippen LogP contribution in [0.15, 0.2) is 52.4 Å². The van der Waals surface area contributed by atoms with Crippen LogP contribution in [0.1, 0.15) is 15.9 Å². The number of nitrogens with one attached hydrogen (secondary N) is 1. The van der Waals surface area contributed by atoms with Gasteiger partial charge in [0.2, 0.25) is 5.43 Å². The second kappa shape index (κ2) is 8.19. The maximum atomic E-state index is 12.8. The number of methoxy groups -OCH3 is 1. The van der Waals surface area contributed by atoms with Gasteiger partial charge in [-0.15, -0.1) is 0 Å². The van der Waals surface area contributed by atoms with Gasteiger partial charge in [0.1, 0.15) is 12.1 Å². The summed E-state index contributed by atoms with van der Waals surface area (Å²) in [5.41, 5.74) is -1.59. The number of halogens is 1. The molecule has 0 fully saturated rings.